The van der Waals surface area contributed by atoms with Crippen molar-refractivity contribution >= 4 is 29.8 Å². The van der Waals surface area contributed by atoms with Crippen LogP contribution in [0.5, 0.6) is 0 Å². The number of hydrogen-bond donors (Lipinski definition) is 2. The Kier molecular flexibility index (Phi) is 64.0. The largest absolute Gasteiger partial charge is 1.00 e. The van der Waals surface area contributed by atoms with Crippen LogP contribution in [0.25, 0.3) is 0 Å². The number of rotatable bonds is 39. The van der Waals surface area contributed by atoms with E-state index in [4.69, 9.17) is 24.4 Å². The molecule has 0 saturated carbocycles. The molecule has 0 aromatic carbocycles. The van der Waals surface area contributed by atoms with Gasteiger partial charge in [-0.3, -0.25) is 0 Å². The summed E-state index contributed by atoms with van der Waals surface area (Å²) < 4.78 is 18.4. The predicted molar refractivity (Wildman–Crippen MR) is 324 cm³/mol. The molecule has 0 aliphatic rings. The highest BCUT2D eigenvalue weighted by molar-refractivity contribution is 5.87. The van der Waals surface area contributed by atoms with Gasteiger partial charge in [0.05, 0.1) is 127 Å². The van der Waals surface area contributed by atoms with Crippen molar-refractivity contribution in [3.8, 4) is 0 Å². The Hall–Kier alpha value is -3.86. The van der Waals surface area contributed by atoms with Crippen molar-refractivity contribution in [2.45, 2.75) is 228 Å². The fourth-order valence-electron chi connectivity index (χ4n) is 6.30. The number of nitrogens with zero attached hydrogens (tertiary/aromatic N) is 3. The maximum absolute atomic E-state index is 11.2. The van der Waals surface area contributed by atoms with Gasteiger partial charge < -0.3 is 70.1 Å². The first-order valence-electron chi connectivity index (χ1n) is 29.3. The second-order valence-corrected chi connectivity index (χ2v) is 24.0. The highest BCUT2D eigenvalue weighted by Crippen LogP contribution is 2.17. The van der Waals surface area contributed by atoms with Crippen LogP contribution in [-0.2, 0) is 38.2 Å². The first-order valence-corrected chi connectivity index (χ1v) is 29.3. The summed E-state index contributed by atoms with van der Waals surface area (Å²) in [6, 6.07) is 2.23. The van der Waals surface area contributed by atoms with E-state index in [-0.39, 0.29) is 54.7 Å². The van der Waals surface area contributed by atoms with Gasteiger partial charge in [-0.15, -0.1) is 0 Å². The molecule has 474 valence electrons. The number of esters is 3. The van der Waals surface area contributed by atoms with Crippen LogP contribution >= 0.6 is 0 Å². The molecule has 0 aliphatic heterocycles. The number of aliphatic carboxylic acids is 2. The molecule has 0 spiro atoms. The zero-order valence-corrected chi connectivity index (χ0v) is 55.2. The highest BCUT2D eigenvalue weighted by atomic mass is 35.5. The van der Waals surface area contributed by atoms with E-state index in [1.165, 1.54) is 129 Å². The van der Waals surface area contributed by atoms with Gasteiger partial charge in [0.15, 0.2) is 0 Å². The number of aliphatic hydroxyl groups is 2. The van der Waals surface area contributed by atoms with Gasteiger partial charge in [-0.25, -0.2) is 14.4 Å². The summed E-state index contributed by atoms with van der Waals surface area (Å²) >= 11 is 0. The number of carbonyl (C=O) groups is 5. The quantitative estimate of drug-likeness (QED) is 0.0202. The number of hydrogen-bond acceptors (Lipinski definition) is 12. The summed E-state index contributed by atoms with van der Waals surface area (Å²) in [7, 11) is 20.4. The normalized spacial score (nSPS) is 11.7. The lowest BCUT2D eigenvalue weighted by molar-refractivity contribution is -0.894. The van der Waals surface area contributed by atoms with Crippen molar-refractivity contribution in [1.82, 2.24) is 0 Å². The topological polar surface area (TPSA) is 200 Å². The first-order chi connectivity index (χ1) is 36.4. The average Bonchev–Trinajstić information content (AvgIpc) is 3.34. The molecule has 16 heteroatoms. The van der Waals surface area contributed by atoms with Crippen molar-refractivity contribution in [3.63, 3.8) is 0 Å². The fourth-order valence-corrected chi connectivity index (χ4v) is 6.30. The molecule has 0 heterocycles. The third-order valence-corrected chi connectivity index (χ3v) is 13.3. The summed E-state index contributed by atoms with van der Waals surface area (Å²) in [6.07, 6.45) is 30.0. The fraction of sp³-hybridized carbons (Fsp3) is 0.766. The van der Waals surface area contributed by atoms with Crippen molar-refractivity contribution in [3.05, 3.63) is 60.8 Å². The van der Waals surface area contributed by atoms with E-state index in [0.717, 1.165) is 70.1 Å². The lowest BCUT2D eigenvalue weighted by Crippen LogP contribution is -3.00. The monoisotopic (exact) mass is 1160 g/mol. The van der Waals surface area contributed by atoms with Gasteiger partial charge in [-0.2, -0.15) is 0 Å². The molecule has 0 bridgehead atoms. The number of carboxylic acid groups (broad SMARTS) is 2. The molecule has 3 atom stereocenters. The van der Waals surface area contributed by atoms with E-state index in [0.29, 0.717) is 36.5 Å². The van der Waals surface area contributed by atoms with Gasteiger partial charge in [0.1, 0.15) is 0 Å². The van der Waals surface area contributed by atoms with Crippen LogP contribution in [-0.4, -0.2) is 168 Å². The summed E-state index contributed by atoms with van der Waals surface area (Å²) in [4.78, 5) is 52.4. The molecule has 0 fully saturated rings. The van der Waals surface area contributed by atoms with Crippen LogP contribution in [0.15, 0.2) is 60.8 Å². The average molecular weight is 1160 g/mol. The maximum atomic E-state index is 11.2. The molecule has 0 amide bonds. The number of carbonyl (C=O) groups excluding carboxylic acids is 5. The van der Waals surface area contributed by atoms with E-state index in [2.05, 4.69) is 117 Å². The number of quaternary nitrogens is 3. The first kappa shape index (κ1) is 89.9. The van der Waals surface area contributed by atoms with Crippen molar-refractivity contribution < 1.29 is 84.5 Å². The van der Waals surface area contributed by atoms with E-state index in [1.54, 1.807) is 20.8 Å². The molecule has 0 aromatic heterocycles. The maximum Gasteiger partial charge on any atom is 0.333 e. The van der Waals surface area contributed by atoms with Gasteiger partial charge in [-0.05, 0) is 124 Å². The Morgan fingerprint density at radius 3 is 0.625 bits per heavy atom. The summed E-state index contributed by atoms with van der Waals surface area (Å²) in [5.41, 5.74) is 1.58. The number of unbranched alkanes of at least 4 members (excludes halogenated alkanes) is 18. The minimum atomic E-state index is -1.19. The van der Waals surface area contributed by atoms with Gasteiger partial charge >= 0.3 is 17.9 Å². The van der Waals surface area contributed by atoms with Crippen molar-refractivity contribution in [2.75, 3.05) is 96.5 Å². The van der Waals surface area contributed by atoms with Crippen LogP contribution in [0.4, 0.5) is 0 Å². The van der Waals surface area contributed by atoms with E-state index < -0.39 is 11.9 Å². The highest BCUT2D eigenvalue weighted by Gasteiger charge is 2.19. The molecular weight excluding hydrogens is 1040 g/mol. The van der Waals surface area contributed by atoms with E-state index >= 15 is 0 Å². The van der Waals surface area contributed by atoms with E-state index in [1.807, 2.05) is 0 Å². The third-order valence-electron chi connectivity index (χ3n) is 13.3. The lowest BCUT2D eigenvalue weighted by Gasteiger charge is -2.31. The lowest BCUT2D eigenvalue weighted by atomic mass is 10.0. The Labute approximate surface area is 497 Å². The van der Waals surface area contributed by atoms with Gasteiger partial charge in [0.2, 0.25) is 0 Å². The molecule has 0 saturated heterocycles. The molecule has 0 rings (SSSR count). The second-order valence-electron chi connectivity index (χ2n) is 24.0. The summed E-state index contributed by atoms with van der Waals surface area (Å²) in [6.45, 7) is 33.1. The van der Waals surface area contributed by atoms with Crippen molar-refractivity contribution in [2.24, 2.45) is 0 Å². The SMILES string of the molecule is C=C(C)C(=O)OCCCCCCCCCC(C)[N+](C)(C)C.C=C(C)C(=O)OCCCCCCCCCC(C)[N+](C)(C)C.C=C(C)C(=O)OCCCCCCCCCC(C)[N+](C)(C)C.C=C(C)C(=O)[O-].C=C(C)C(=O)[O-].OCCO.[Cl-]. The number of carboxylic acids is 2. The smallest absolute Gasteiger partial charge is 0.333 e. The number of ether oxygens (including phenoxy) is 3. The minimum absolute atomic E-state index is 0. The van der Waals surface area contributed by atoms with Gasteiger partial charge in [-0.1, -0.05) is 129 Å². The molecule has 2 N–H and O–H groups in total. The summed E-state index contributed by atoms with van der Waals surface area (Å²) in [5, 5.41) is 34.2. The molecule has 80 heavy (non-hydrogen) atoms. The molecular formula is C64H124ClN3O12. The Bertz CT molecular complexity index is 1450. The van der Waals surface area contributed by atoms with Crippen LogP contribution in [0.2, 0.25) is 0 Å². The molecule has 15 nitrogen and oxygen atoms in total. The zero-order chi connectivity index (χ0) is 62.6. The Morgan fingerprint density at radius 1 is 0.350 bits per heavy atom. The Morgan fingerprint density at radius 2 is 0.500 bits per heavy atom. The molecule has 3 unspecified atom stereocenters. The molecule has 0 aromatic rings. The number of aliphatic hydroxyl groups excluding tert-OH is 2. The third kappa shape index (κ3) is 72.2. The Balaban J connectivity index is -0.000000174. The second kappa shape index (κ2) is 57.0. The zero-order valence-electron chi connectivity index (χ0n) is 54.5. The number of halogens is 1. The summed E-state index contributed by atoms with van der Waals surface area (Å²) in [5.74, 6) is -3.16. The van der Waals surface area contributed by atoms with E-state index in [9.17, 15) is 34.2 Å². The van der Waals surface area contributed by atoms with Crippen LogP contribution in [0.1, 0.15) is 209 Å². The standard InChI is InChI=1S/3C18H36NO2.2C4H6O2.C2H6O2.ClH/c3*1-16(2)18(20)21-15-13-11-9-7-8-10-12-14-17(3)19(4,5)6;2*1-3(2)4(5)6;3-1-2-4;/h3*17H,1,7-15H2,2-6H3;2*1H2,2H3,(H,5,6);3-4H,1-2H2;1H/q3*+1;;;;/p-3. The van der Waals surface area contributed by atoms with Gasteiger partial charge in [0.25, 0.3) is 0 Å². The van der Waals surface area contributed by atoms with Crippen LogP contribution < -0.4 is 22.6 Å². The van der Waals surface area contributed by atoms with Crippen molar-refractivity contribution in [1.29, 1.82) is 0 Å². The molecule has 0 radical (unpaired) electrons. The molecule has 0 aliphatic carbocycles. The minimum Gasteiger partial charge on any atom is -1.00 e. The van der Waals surface area contributed by atoms with Crippen LogP contribution in [0.3, 0.4) is 0 Å². The van der Waals surface area contributed by atoms with Crippen LogP contribution in [0, 0.1) is 0 Å². The predicted octanol–water partition coefficient (Wildman–Crippen LogP) is 7.56. The van der Waals surface area contributed by atoms with Gasteiger partial charge in [0, 0.05) is 16.7 Å².